The Balaban J connectivity index is 3.06. The summed E-state index contributed by atoms with van der Waals surface area (Å²) in [5.74, 6) is 0.0195. The first-order chi connectivity index (χ1) is 7.10. The Bertz CT molecular complexity index is 346. The molecule has 0 aliphatic carbocycles. The van der Waals surface area contributed by atoms with E-state index in [1.165, 1.54) is 19.2 Å². The Morgan fingerprint density at radius 1 is 1.60 bits per heavy atom. The molecule has 0 bridgehead atoms. The second-order valence-electron chi connectivity index (χ2n) is 3.10. The van der Waals surface area contributed by atoms with Gasteiger partial charge in [-0.2, -0.15) is 0 Å². The third-order valence-corrected chi connectivity index (χ3v) is 2.69. The van der Waals surface area contributed by atoms with Crippen LogP contribution >= 0.6 is 15.9 Å². The largest absolute Gasteiger partial charge is 0.496 e. The van der Waals surface area contributed by atoms with Crippen molar-refractivity contribution in [3.8, 4) is 5.75 Å². The van der Waals surface area contributed by atoms with Crippen LogP contribution in [0.3, 0.4) is 0 Å². The quantitative estimate of drug-likeness (QED) is 0.885. The van der Waals surface area contributed by atoms with Gasteiger partial charge >= 0.3 is 0 Å². The van der Waals surface area contributed by atoms with Crippen LogP contribution < -0.4 is 10.5 Å². The molecule has 1 atom stereocenters. The summed E-state index contributed by atoms with van der Waals surface area (Å²) in [5, 5.41) is 9.62. The Hall–Kier alpha value is -0.650. The molecule has 5 heteroatoms. The normalized spacial score (nSPS) is 12.6. The lowest BCUT2D eigenvalue weighted by molar-refractivity contribution is 0.165. The van der Waals surface area contributed by atoms with E-state index in [0.717, 1.165) is 0 Å². The standard InChI is InChI=1S/C10H13BrFNO2/c1-15-10-4-6(9(14)2-3-13)8(12)5-7(10)11/h4-5,9,14H,2-3,13H2,1H3. The molecule has 0 saturated heterocycles. The molecule has 15 heavy (non-hydrogen) atoms. The molecule has 3 N–H and O–H groups in total. The second kappa shape index (κ2) is 5.44. The topological polar surface area (TPSA) is 55.5 Å². The summed E-state index contributed by atoms with van der Waals surface area (Å²) in [6.45, 7) is 0.305. The predicted octanol–water partition coefficient (Wildman–Crippen LogP) is 1.98. The number of nitrogens with two attached hydrogens (primary N) is 1. The zero-order valence-corrected chi connectivity index (χ0v) is 9.92. The van der Waals surface area contributed by atoms with E-state index in [1.54, 1.807) is 0 Å². The van der Waals surface area contributed by atoms with Crippen molar-refractivity contribution in [2.45, 2.75) is 12.5 Å². The van der Waals surface area contributed by atoms with Gasteiger partial charge in [0.15, 0.2) is 0 Å². The van der Waals surface area contributed by atoms with Gasteiger partial charge in [-0.15, -0.1) is 0 Å². The highest BCUT2D eigenvalue weighted by Crippen LogP contribution is 2.31. The van der Waals surface area contributed by atoms with E-state index < -0.39 is 11.9 Å². The van der Waals surface area contributed by atoms with Gasteiger partial charge in [0.2, 0.25) is 0 Å². The van der Waals surface area contributed by atoms with Crippen LogP contribution in [0.4, 0.5) is 4.39 Å². The third kappa shape index (κ3) is 2.90. The SMILES string of the molecule is COc1cc(C(O)CCN)c(F)cc1Br. The minimum Gasteiger partial charge on any atom is -0.496 e. The maximum Gasteiger partial charge on any atom is 0.133 e. The van der Waals surface area contributed by atoms with Gasteiger partial charge in [0, 0.05) is 5.56 Å². The van der Waals surface area contributed by atoms with Crippen LogP contribution in [-0.4, -0.2) is 18.8 Å². The van der Waals surface area contributed by atoms with Crippen molar-refractivity contribution in [3.05, 3.63) is 28.0 Å². The first-order valence-electron chi connectivity index (χ1n) is 4.51. The Morgan fingerprint density at radius 2 is 2.27 bits per heavy atom. The van der Waals surface area contributed by atoms with Crippen LogP contribution in [0.1, 0.15) is 18.1 Å². The molecule has 0 aliphatic heterocycles. The summed E-state index contributed by atoms with van der Waals surface area (Å²) < 4.78 is 19.0. The fraction of sp³-hybridized carbons (Fsp3) is 0.400. The summed E-state index contributed by atoms with van der Waals surface area (Å²) in [5.41, 5.74) is 5.50. The maximum absolute atomic E-state index is 13.5. The number of halogens is 2. The number of aliphatic hydroxyl groups is 1. The van der Waals surface area contributed by atoms with Crippen LogP contribution in [0.2, 0.25) is 0 Å². The Morgan fingerprint density at radius 3 is 2.80 bits per heavy atom. The second-order valence-corrected chi connectivity index (χ2v) is 3.96. The van der Waals surface area contributed by atoms with Gasteiger partial charge in [0.05, 0.1) is 17.7 Å². The monoisotopic (exact) mass is 277 g/mol. The van der Waals surface area contributed by atoms with Crippen LogP contribution in [-0.2, 0) is 0 Å². The Kier molecular flexibility index (Phi) is 4.50. The summed E-state index contributed by atoms with van der Waals surface area (Å²) in [7, 11) is 1.48. The lowest BCUT2D eigenvalue weighted by Crippen LogP contribution is -2.08. The lowest BCUT2D eigenvalue weighted by atomic mass is 10.1. The molecule has 0 fully saturated rings. The highest BCUT2D eigenvalue weighted by Gasteiger charge is 2.15. The molecule has 0 spiro atoms. The minimum absolute atomic E-state index is 0.209. The fourth-order valence-corrected chi connectivity index (χ4v) is 1.75. The Labute approximate surface area is 96.2 Å². The highest BCUT2D eigenvalue weighted by molar-refractivity contribution is 9.10. The van der Waals surface area contributed by atoms with Crippen molar-refractivity contribution in [2.75, 3.05) is 13.7 Å². The highest BCUT2D eigenvalue weighted by atomic mass is 79.9. The minimum atomic E-state index is -0.892. The van der Waals surface area contributed by atoms with Crippen molar-refractivity contribution in [1.82, 2.24) is 0 Å². The van der Waals surface area contributed by atoms with Crippen molar-refractivity contribution in [1.29, 1.82) is 0 Å². The molecule has 0 radical (unpaired) electrons. The van der Waals surface area contributed by atoms with Gasteiger partial charge < -0.3 is 15.6 Å². The molecule has 0 amide bonds. The summed E-state index contributed by atoms with van der Waals surface area (Å²) in [6, 6.07) is 2.74. The number of methoxy groups -OCH3 is 1. The van der Waals surface area contributed by atoms with Gasteiger partial charge in [-0.3, -0.25) is 0 Å². The first kappa shape index (κ1) is 12.4. The molecule has 1 rings (SSSR count). The molecule has 0 saturated carbocycles. The van der Waals surface area contributed by atoms with E-state index in [1.807, 2.05) is 0 Å². The number of hydrogen-bond donors (Lipinski definition) is 2. The van der Waals surface area contributed by atoms with Crippen molar-refractivity contribution in [2.24, 2.45) is 5.73 Å². The van der Waals surface area contributed by atoms with Gasteiger partial charge in [-0.05, 0) is 41.0 Å². The number of rotatable bonds is 4. The van der Waals surface area contributed by atoms with E-state index in [0.29, 0.717) is 23.2 Å². The van der Waals surface area contributed by atoms with Gasteiger partial charge in [0.1, 0.15) is 11.6 Å². The molecule has 1 aromatic carbocycles. The fourth-order valence-electron chi connectivity index (χ4n) is 1.27. The van der Waals surface area contributed by atoms with Crippen LogP contribution in [0.25, 0.3) is 0 Å². The summed E-state index contributed by atoms with van der Waals surface area (Å²) in [4.78, 5) is 0. The molecule has 1 unspecified atom stereocenters. The zero-order chi connectivity index (χ0) is 11.4. The van der Waals surface area contributed by atoms with E-state index in [-0.39, 0.29) is 5.56 Å². The lowest BCUT2D eigenvalue weighted by Gasteiger charge is -2.13. The summed E-state index contributed by atoms with van der Waals surface area (Å²) in [6.07, 6.45) is -0.571. The average molecular weight is 278 g/mol. The van der Waals surface area contributed by atoms with Crippen LogP contribution in [0.15, 0.2) is 16.6 Å². The molecule has 1 aromatic rings. The molecule has 84 valence electrons. The number of benzene rings is 1. The average Bonchev–Trinajstić information content (AvgIpc) is 2.18. The molecular formula is C10H13BrFNO2. The van der Waals surface area contributed by atoms with E-state index in [4.69, 9.17) is 10.5 Å². The van der Waals surface area contributed by atoms with Crippen molar-refractivity contribution < 1.29 is 14.2 Å². The van der Waals surface area contributed by atoms with E-state index in [2.05, 4.69) is 15.9 Å². The number of hydrogen-bond acceptors (Lipinski definition) is 3. The van der Waals surface area contributed by atoms with Crippen LogP contribution in [0, 0.1) is 5.82 Å². The smallest absolute Gasteiger partial charge is 0.133 e. The number of aliphatic hydroxyl groups excluding tert-OH is 1. The van der Waals surface area contributed by atoms with Crippen molar-refractivity contribution >= 4 is 15.9 Å². The maximum atomic E-state index is 13.5. The molecule has 0 heterocycles. The summed E-state index contributed by atoms with van der Waals surface area (Å²) >= 11 is 3.16. The van der Waals surface area contributed by atoms with Gasteiger partial charge in [-0.25, -0.2) is 4.39 Å². The molecular weight excluding hydrogens is 265 g/mol. The van der Waals surface area contributed by atoms with Crippen LogP contribution in [0.5, 0.6) is 5.75 Å². The first-order valence-corrected chi connectivity index (χ1v) is 5.30. The predicted molar refractivity (Wildman–Crippen MR) is 59.3 cm³/mol. The zero-order valence-electron chi connectivity index (χ0n) is 8.34. The molecule has 0 aromatic heterocycles. The van der Waals surface area contributed by atoms with E-state index >= 15 is 0 Å². The van der Waals surface area contributed by atoms with Crippen molar-refractivity contribution in [3.63, 3.8) is 0 Å². The van der Waals surface area contributed by atoms with Gasteiger partial charge in [-0.1, -0.05) is 0 Å². The van der Waals surface area contributed by atoms with Gasteiger partial charge in [0.25, 0.3) is 0 Å². The molecule has 0 aliphatic rings. The van der Waals surface area contributed by atoms with E-state index in [9.17, 15) is 9.50 Å². The third-order valence-electron chi connectivity index (χ3n) is 2.07. The number of ether oxygens (including phenoxy) is 1. The molecule has 3 nitrogen and oxygen atoms in total.